The summed E-state index contributed by atoms with van der Waals surface area (Å²) in [5, 5.41) is 4.95. The summed E-state index contributed by atoms with van der Waals surface area (Å²) in [5.74, 6) is -0.0972. The van der Waals surface area contributed by atoms with E-state index in [-0.39, 0.29) is 23.9 Å². The van der Waals surface area contributed by atoms with E-state index < -0.39 is 0 Å². The van der Waals surface area contributed by atoms with Gasteiger partial charge in [-0.05, 0) is 43.9 Å². The van der Waals surface area contributed by atoms with Crippen LogP contribution in [-0.4, -0.2) is 54.8 Å². The summed E-state index contributed by atoms with van der Waals surface area (Å²) in [6, 6.07) is 13.5. The van der Waals surface area contributed by atoms with Crippen LogP contribution in [0.1, 0.15) is 34.1 Å². The van der Waals surface area contributed by atoms with Gasteiger partial charge in [-0.25, -0.2) is 0 Å². The number of amides is 2. The molecule has 3 rings (SSSR count). The molecule has 1 aromatic carbocycles. The molecule has 138 valence electrons. The van der Waals surface area contributed by atoms with Crippen LogP contribution in [0.3, 0.4) is 0 Å². The Balaban J connectivity index is 1.64. The second kappa shape index (κ2) is 8.47. The minimum Gasteiger partial charge on any atom is -0.352 e. The summed E-state index contributed by atoms with van der Waals surface area (Å²) in [4.78, 5) is 29.9. The van der Waals surface area contributed by atoms with Crippen molar-refractivity contribution in [1.82, 2.24) is 15.1 Å². The number of likely N-dealkylation sites (tertiary alicyclic amines) is 1. The molecule has 2 heterocycles. The molecule has 0 spiro atoms. The van der Waals surface area contributed by atoms with E-state index in [4.69, 9.17) is 0 Å². The second-order valence-corrected chi connectivity index (χ2v) is 7.72. The number of rotatable bonds is 6. The van der Waals surface area contributed by atoms with Crippen molar-refractivity contribution in [2.45, 2.75) is 24.9 Å². The lowest BCUT2D eigenvalue weighted by molar-refractivity contribution is -0.125. The maximum Gasteiger partial charge on any atom is 0.264 e. The molecular weight excluding hydrogens is 346 g/mol. The number of carbonyl (C=O) groups is 2. The average molecular weight is 372 g/mol. The van der Waals surface area contributed by atoms with E-state index >= 15 is 0 Å². The molecule has 1 saturated heterocycles. The standard InChI is InChI=1S/C20H25N3O2S/c1-22(2)17(15-8-4-3-5-9-15)14-21-19(24)16-10-6-12-23(16)20(25)18-11-7-13-26-18/h3-5,7-9,11,13,16-17H,6,10,12,14H2,1-2H3,(H,21,24)/t16-,17-/m1/s1. The highest BCUT2D eigenvalue weighted by Gasteiger charge is 2.35. The van der Waals surface area contributed by atoms with Crippen LogP contribution in [-0.2, 0) is 4.79 Å². The maximum absolute atomic E-state index is 12.8. The van der Waals surface area contributed by atoms with Gasteiger partial charge in [0.1, 0.15) is 6.04 Å². The lowest BCUT2D eigenvalue weighted by atomic mass is 10.1. The summed E-state index contributed by atoms with van der Waals surface area (Å²) in [6.45, 7) is 1.16. The van der Waals surface area contributed by atoms with Gasteiger partial charge >= 0.3 is 0 Å². The fourth-order valence-corrected chi connectivity index (χ4v) is 4.09. The minimum atomic E-state index is -0.372. The van der Waals surface area contributed by atoms with Crippen LogP contribution in [0.15, 0.2) is 47.8 Å². The first kappa shape index (κ1) is 18.6. The normalized spacial score (nSPS) is 18.1. The third-order valence-corrected chi connectivity index (χ3v) is 5.68. The van der Waals surface area contributed by atoms with E-state index in [1.807, 2.05) is 49.8 Å². The van der Waals surface area contributed by atoms with Gasteiger partial charge in [0.15, 0.2) is 0 Å². The Labute approximate surface area is 158 Å². The van der Waals surface area contributed by atoms with Crippen LogP contribution in [0.4, 0.5) is 0 Å². The zero-order valence-corrected chi connectivity index (χ0v) is 16.0. The molecule has 1 aliphatic rings. The monoisotopic (exact) mass is 371 g/mol. The molecular formula is C20H25N3O2S. The van der Waals surface area contributed by atoms with Gasteiger partial charge in [0.2, 0.25) is 5.91 Å². The Morgan fingerprint density at radius 3 is 2.65 bits per heavy atom. The van der Waals surface area contributed by atoms with E-state index in [9.17, 15) is 9.59 Å². The van der Waals surface area contributed by atoms with Crippen LogP contribution < -0.4 is 5.32 Å². The molecule has 2 aromatic rings. The highest BCUT2D eigenvalue weighted by atomic mass is 32.1. The summed E-state index contributed by atoms with van der Waals surface area (Å²) >= 11 is 1.42. The Kier molecular flexibility index (Phi) is 6.06. The van der Waals surface area contributed by atoms with Gasteiger partial charge in [0, 0.05) is 13.1 Å². The Bertz CT molecular complexity index is 731. The molecule has 1 aromatic heterocycles. The molecule has 6 heteroatoms. The Morgan fingerprint density at radius 1 is 1.23 bits per heavy atom. The Morgan fingerprint density at radius 2 is 2.00 bits per heavy atom. The smallest absolute Gasteiger partial charge is 0.264 e. The number of hydrogen-bond donors (Lipinski definition) is 1. The van der Waals surface area contributed by atoms with Crippen LogP contribution >= 0.6 is 11.3 Å². The topological polar surface area (TPSA) is 52.7 Å². The first-order valence-corrected chi connectivity index (χ1v) is 9.79. The number of nitrogens with zero attached hydrogens (tertiary/aromatic N) is 2. The van der Waals surface area contributed by atoms with E-state index in [1.54, 1.807) is 4.90 Å². The molecule has 0 bridgehead atoms. The van der Waals surface area contributed by atoms with Crippen LogP contribution in [0, 0.1) is 0 Å². The van der Waals surface area contributed by atoms with E-state index in [0.717, 1.165) is 18.4 Å². The van der Waals surface area contributed by atoms with Crippen molar-refractivity contribution in [3.8, 4) is 0 Å². The van der Waals surface area contributed by atoms with Crippen molar-refractivity contribution >= 4 is 23.2 Å². The molecule has 5 nitrogen and oxygen atoms in total. The zero-order chi connectivity index (χ0) is 18.5. The average Bonchev–Trinajstić information content (AvgIpc) is 3.33. The van der Waals surface area contributed by atoms with Gasteiger partial charge in [-0.15, -0.1) is 11.3 Å². The SMILES string of the molecule is CN(C)[C@H](CNC(=O)[C@H]1CCCN1C(=O)c1cccs1)c1ccccc1. The molecule has 1 aliphatic heterocycles. The summed E-state index contributed by atoms with van der Waals surface area (Å²) in [7, 11) is 4.01. The molecule has 1 N–H and O–H groups in total. The molecule has 2 amide bonds. The maximum atomic E-state index is 12.8. The van der Waals surface area contributed by atoms with E-state index in [1.165, 1.54) is 11.3 Å². The van der Waals surface area contributed by atoms with Crippen molar-refractivity contribution in [3.63, 3.8) is 0 Å². The van der Waals surface area contributed by atoms with Crippen LogP contribution in [0.2, 0.25) is 0 Å². The predicted octanol–water partition coefficient (Wildman–Crippen LogP) is 2.77. The molecule has 0 radical (unpaired) electrons. The predicted molar refractivity (Wildman–Crippen MR) is 104 cm³/mol. The second-order valence-electron chi connectivity index (χ2n) is 6.77. The van der Waals surface area contributed by atoms with Crippen molar-refractivity contribution in [3.05, 3.63) is 58.3 Å². The first-order valence-electron chi connectivity index (χ1n) is 8.91. The molecule has 26 heavy (non-hydrogen) atoms. The van der Waals surface area contributed by atoms with E-state index in [0.29, 0.717) is 18.0 Å². The van der Waals surface area contributed by atoms with Gasteiger partial charge in [0.05, 0.1) is 10.9 Å². The van der Waals surface area contributed by atoms with Gasteiger partial charge in [0.25, 0.3) is 5.91 Å². The summed E-state index contributed by atoms with van der Waals surface area (Å²) in [6.07, 6.45) is 1.59. The summed E-state index contributed by atoms with van der Waals surface area (Å²) < 4.78 is 0. The molecule has 0 saturated carbocycles. The molecule has 0 aliphatic carbocycles. The fraction of sp³-hybridized carbons (Fsp3) is 0.400. The van der Waals surface area contributed by atoms with Gasteiger partial charge in [-0.3, -0.25) is 9.59 Å². The number of nitrogens with one attached hydrogen (secondary N) is 1. The van der Waals surface area contributed by atoms with Crippen LogP contribution in [0.5, 0.6) is 0 Å². The number of thiophene rings is 1. The van der Waals surface area contributed by atoms with Gasteiger partial charge < -0.3 is 15.1 Å². The third kappa shape index (κ3) is 4.14. The lowest BCUT2D eigenvalue weighted by Crippen LogP contribution is -2.47. The van der Waals surface area contributed by atoms with E-state index in [2.05, 4.69) is 22.3 Å². The van der Waals surface area contributed by atoms with Crippen molar-refractivity contribution in [2.75, 3.05) is 27.2 Å². The summed E-state index contributed by atoms with van der Waals surface area (Å²) in [5.41, 5.74) is 1.16. The number of benzene rings is 1. The van der Waals surface area contributed by atoms with Crippen molar-refractivity contribution in [2.24, 2.45) is 0 Å². The highest BCUT2D eigenvalue weighted by molar-refractivity contribution is 7.12. The largest absolute Gasteiger partial charge is 0.352 e. The number of hydrogen-bond acceptors (Lipinski definition) is 4. The molecule has 0 unspecified atom stereocenters. The lowest BCUT2D eigenvalue weighted by Gasteiger charge is -2.27. The Hall–Kier alpha value is -2.18. The third-order valence-electron chi connectivity index (χ3n) is 4.83. The first-order chi connectivity index (χ1) is 12.6. The minimum absolute atomic E-state index is 0.0372. The molecule has 1 fully saturated rings. The van der Waals surface area contributed by atoms with Crippen molar-refractivity contribution < 1.29 is 9.59 Å². The highest BCUT2D eigenvalue weighted by Crippen LogP contribution is 2.23. The number of likely N-dealkylation sites (N-methyl/N-ethyl adjacent to an activating group) is 1. The quantitative estimate of drug-likeness (QED) is 0.850. The van der Waals surface area contributed by atoms with Crippen molar-refractivity contribution in [1.29, 1.82) is 0 Å². The zero-order valence-electron chi connectivity index (χ0n) is 15.2. The number of carbonyl (C=O) groups excluding carboxylic acids is 2. The molecule has 2 atom stereocenters. The van der Waals surface area contributed by atoms with Crippen LogP contribution in [0.25, 0.3) is 0 Å². The fourth-order valence-electron chi connectivity index (χ4n) is 3.41. The van der Waals surface area contributed by atoms with Gasteiger partial charge in [-0.2, -0.15) is 0 Å². The van der Waals surface area contributed by atoms with Gasteiger partial charge in [-0.1, -0.05) is 36.4 Å².